The van der Waals surface area contributed by atoms with Gasteiger partial charge in [0.15, 0.2) is 0 Å². The average Bonchev–Trinajstić information content (AvgIpc) is 2.46. The first kappa shape index (κ1) is 15.3. The Morgan fingerprint density at radius 3 is 2.52 bits per heavy atom. The maximum absolute atomic E-state index is 12.4. The Bertz CT molecular complexity index is 493. The number of carbonyl (C=O) groups excluding carboxylic acids is 1. The molecule has 0 saturated carbocycles. The molecule has 0 aromatic heterocycles. The van der Waals surface area contributed by atoms with Gasteiger partial charge < -0.3 is 19.8 Å². The summed E-state index contributed by atoms with van der Waals surface area (Å²) in [6.45, 7) is 0.242. The number of phenolic OH excluding ortho intramolecular Hbond substituents is 1. The molecule has 1 heterocycles. The van der Waals surface area contributed by atoms with Crippen molar-refractivity contribution < 1.29 is 24.5 Å². The third-order valence-corrected chi connectivity index (χ3v) is 3.43. The first-order valence-corrected chi connectivity index (χ1v) is 6.99. The van der Waals surface area contributed by atoms with E-state index in [1.165, 1.54) is 29.2 Å². The normalized spacial score (nSPS) is 18.2. The Morgan fingerprint density at radius 2 is 1.95 bits per heavy atom. The highest BCUT2D eigenvalue weighted by Crippen LogP contribution is 2.22. The van der Waals surface area contributed by atoms with Crippen LogP contribution in [0.15, 0.2) is 24.3 Å². The Hall–Kier alpha value is -2.08. The van der Waals surface area contributed by atoms with Crippen LogP contribution >= 0.6 is 0 Å². The van der Waals surface area contributed by atoms with Crippen LogP contribution < -0.4 is 4.90 Å². The lowest BCUT2D eigenvalue weighted by molar-refractivity contribution is -0.137. The van der Waals surface area contributed by atoms with E-state index in [0.29, 0.717) is 12.3 Å². The van der Waals surface area contributed by atoms with Crippen molar-refractivity contribution in [1.29, 1.82) is 0 Å². The summed E-state index contributed by atoms with van der Waals surface area (Å²) in [6.07, 6.45) is 2.88. The molecule has 6 nitrogen and oxygen atoms in total. The number of carbonyl (C=O) groups is 2. The van der Waals surface area contributed by atoms with Crippen molar-refractivity contribution in [3.8, 4) is 5.75 Å². The zero-order valence-corrected chi connectivity index (χ0v) is 11.7. The lowest BCUT2D eigenvalue weighted by atomic mass is 10.1. The van der Waals surface area contributed by atoms with E-state index in [1.54, 1.807) is 0 Å². The second-order valence-corrected chi connectivity index (χ2v) is 5.08. The molecule has 2 N–H and O–H groups in total. The molecule has 1 aromatic carbocycles. The molecule has 114 valence electrons. The number of anilines is 1. The number of aliphatic carboxylic acids is 1. The highest BCUT2D eigenvalue weighted by atomic mass is 16.5. The predicted molar refractivity (Wildman–Crippen MR) is 76.3 cm³/mol. The minimum atomic E-state index is -1.08. The molecule has 21 heavy (non-hydrogen) atoms. The number of phenols is 1. The van der Waals surface area contributed by atoms with Gasteiger partial charge in [-0.3, -0.25) is 9.59 Å². The van der Waals surface area contributed by atoms with Gasteiger partial charge in [0.05, 0.1) is 12.5 Å². The van der Waals surface area contributed by atoms with Crippen LogP contribution in [0.1, 0.15) is 25.7 Å². The van der Waals surface area contributed by atoms with E-state index >= 15 is 0 Å². The molecule has 2 rings (SSSR count). The molecular formula is C15H19NO5. The quantitative estimate of drug-likeness (QED) is 0.864. The van der Waals surface area contributed by atoms with Crippen molar-refractivity contribution in [2.24, 2.45) is 0 Å². The van der Waals surface area contributed by atoms with Crippen LogP contribution in [-0.4, -0.2) is 41.3 Å². The number of rotatable bonds is 5. The van der Waals surface area contributed by atoms with Crippen molar-refractivity contribution in [1.82, 2.24) is 0 Å². The second kappa shape index (κ2) is 7.08. The first-order chi connectivity index (χ1) is 10.1. The summed E-state index contributed by atoms with van der Waals surface area (Å²) in [5.74, 6) is -1.30. The fourth-order valence-electron chi connectivity index (χ4n) is 2.36. The zero-order valence-electron chi connectivity index (χ0n) is 11.7. The molecule has 0 spiro atoms. The van der Waals surface area contributed by atoms with Crippen LogP contribution in [0.4, 0.5) is 5.69 Å². The monoisotopic (exact) mass is 293 g/mol. The number of amides is 1. The number of carboxylic acid groups (broad SMARTS) is 1. The molecule has 0 radical (unpaired) electrons. The maximum Gasteiger partial charge on any atom is 0.323 e. The van der Waals surface area contributed by atoms with E-state index in [-0.39, 0.29) is 24.2 Å². The highest BCUT2D eigenvalue weighted by Gasteiger charge is 2.24. The third-order valence-electron chi connectivity index (χ3n) is 3.43. The fraction of sp³-hybridized carbons (Fsp3) is 0.467. The topological polar surface area (TPSA) is 87.1 Å². The molecule has 0 aliphatic carbocycles. The van der Waals surface area contributed by atoms with Crippen LogP contribution in [0.25, 0.3) is 0 Å². The van der Waals surface area contributed by atoms with Gasteiger partial charge in [-0.2, -0.15) is 0 Å². The molecule has 1 aromatic rings. The van der Waals surface area contributed by atoms with Gasteiger partial charge in [0.1, 0.15) is 12.3 Å². The van der Waals surface area contributed by atoms with E-state index in [2.05, 4.69) is 0 Å². The summed E-state index contributed by atoms with van der Waals surface area (Å²) in [7, 11) is 0. The Balaban J connectivity index is 2.08. The lowest BCUT2D eigenvalue weighted by Crippen LogP contribution is -2.38. The standard InChI is InChI=1S/C15H19NO5/c17-12-6-4-11(5-7-12)16(10-15(19)20)14(18)9-13-3-1-2-8-21-13/h4-7,13,17H,1-3,8-10H2,(H,19,20). The van der Waals surface area contributed by atoms with Gasteiger partial charge in [0.25, 0.3) is 0 Å². The van der Waals surface area contributed by atoms with Crippen molar-refractivity contribution in [2.75, 3.05) is 18.1 Å². The van der Waals surface area contributed by atoms with E-state index in [4.69, 9.17) is 9.84 Å². The SMILES string of the molecule is O=C(O)CN(C(=O)CC1CCCCO1)c1ccc(O)cc1. The van der Waals surface area contributed by atoms with E-state index in [1.807, 2.05) is 0 Å². The van der Waals surface area contributed by atoms with Crippen LogP contribution in [0, 0.1) is 0 Å². The van der Waals surface area contributed by atoms with Crippen molar-refractivity contribution in [3.63, 3.8) is 0 Å². The first-order valence-electron chi connectivity index (χ1n) is 6.99. The van der Waals surface area contributed by atoms with E-state index in [9.17, 15) is 14.7 Å². The maximum atomic E-state index is 12.4. The molecule has 6 heteroatoms. The van der Waals surface area contributed by atoms with E-state index < -0.39 is 12.5 Å². The number of ether oxygens (including phenoxy) is 1. The summed E-state index contributed by atoms with van der Waals surface area (Å²) in [6, 6.07) is 5.90. The largest absolute Gasteiger partial charge is 0.508 e. The van der Waals surface area contributed by atoms with Crippen molar-refractivity contribution in [3.05, 3.63) is 24.3 Å². The molecule has 1 aliphatic heterocycles. The summed E-state index contributed by atoms with van der Waals surface area (Å²) < 4.78 is 5.52. The number of benzene rings is 1. The fourth-order valence-corrected chi connectivity index (χ4v) is 2.36. The van der Waals surface area contributed by atoms with Gasteiger partial charge in [0, 0.05) is 12.3 Å². The van der Waals surface area contributed by atoms with Gasteiger partial charge in [-0.15, -0.1) is 0 Å². The Kier molecular flexibility index (Phi) is 5.16. The summed E-state index contributed by atoms with van der Waals surface area (Å²) >= 11 is 0. The van der Waals surface area contributed by atoms with Crippen molar-refractivity contribution >= 4 is 17.6 Å². The van der Waals surface area contributed by atoms with Crippen LogP contribution in [0.2, 0.25) is 0 Å². The highest BCUT2D eigenvalue weighted by molar-refractivity contribution is 5.97. The Labute approximate surface area is 122 Å². The van der Waals surface area contributed by atoms with Crippen LogP contribution in [0.5, 0.6) is 5.75 Å². The smallest absolute Gasteiger partial charge is 0.323 e. The van der Waals surface area contributed by atoms with Gasteiger partial charge in [-0.05, 0) is 43.5 Å². The molecule has 1 saturated heterocycles. The minimum Gasteiger partial charge on any atom is -0.508 e. The minimum absolute atomic E-state index is 0.0667. The number of hydrogen-bond donors (Lipinski definition) is 2. The number of aromatic hydroxyl groups is 1. The summed E-state index contributed by atoms with van der Waals surface area (Å²) in [4.78, 5) is 24.5. The Morgan fingerprint density at radius 1 is 1.24 bits per heavy atom. The number of nitrogens with zero attached hydrogens (tertiary/aromatic N) is 1. The molecular weight excluding hydrogens is 274 g/mol. The van der Waals surface area contributed by atoms with Gasteiger partial charge in [-0.25, -0.2) is 0 Å². The number of carboxylic acids is 1. The molecule has 1 atom stereocenters. The lowest BCUT2D eigenvalue weighted by Gasteiger charge is -2.26. The van der Waals surface area contributed by atoms with Crippen molar-refractivity contribution in [2.45, 2.75) is 31.8 Å². The van der Waals surface area contributed by atoms with Crippen LogP contribution in [0.3, 0.4) is 0 Å². The van der Waals surface area contributed by atoms with Gasteiger partial charge >= 0.3 is 5.97 Å². The molecule has 1 aliphatic rings. The number of hydrogen-bond acceptors (Lipinski definition) is 4. The molecule has 1 amide bonds. The molecule has 0 bridgehead atoms. The second-order valence-electron chi connectivity index (χ2n) is 5.08. The van der Waals surface area contributed by atoms with E-state index in [0.717, 1.165) is 19.3 Å². The zero-order chi connectivity index (χ0) is 15.2. The van der Waals surface area contributed by atoms with Gasteiger partial charge in [0.2, 0.25) is 5.91 Å². The predicted octanol–water partition coefficient (Wildman–Crippen LogP) is 1.77. The molecule has 1 unspecified atom stereocenters. The summed E-state index contributed by atoms with van der Waals surface area (Å²) in [5.41, 5.74) is 0.455. The average molecular weight is 293 g/mol. The van der Waals surface area contributed by atoms with Crippen LogP contribution in [-0.2, 0) is 14.3 Å². The van der Waals surface area contributed by atoms with Gasteiger partial charge in [-0.1, -0.05) is 0 Å². The summed E-state index contributed by atoms with van der Waals surface area (Å²) in [5, 5.41) is 18.3. The third kappa shape index (κ3) is 4.46. The molecule has 1 fully saturated rings.